The number of unbranched alkanes of at least 4 members (excludes halogenated alkanes) is 1. The third kappa shape index (κ3) is 6.73. The molecule has 0 aliphatic heterocycles. The van der Waals surface area contributed by atoms with Crippen LogP contribution in [0.3, 0.4) is 0 Å². The first-order valence-electron chi connectivity index (χ1n) is 8.00. The van der Waals surface area contributed by atoms with E-state index >= 15 is 0 Å². The second kappa shape index (κ2) is 8.51. The summed E-state index contributed by atoms with van der Waals surface area (Å²) in [5.74, 6) is -4.31. The summed E-state index contributed by atoms with van der Waals surface area (Å²) in [6, 6.07) is 0.780. The average molecular weight is 416 g/mol. The lowest BCUT2D eigenvalue weighted by Gasteiger charge is -2.19. The molecule has 11 heteroatoms. The highest BCUT2D eigenvalue weighted by Gasteiger charge is 2.38. The summed E-state index contributed by atoms with van der Waals surface area (Å²) in [5, 5.41) is 2.11. The molecule has 0 unspecified atom stereocenters. The monoisotopic (exact) mass is 416 g/mol. The Hall–Kier alpha value is -1.75. The number of hydrogen-bond acceptors (Lipinski definition) is 3. The maximum absolute atomic E-state index is 13.4. The lowest BCUT2D eigenvalue weighted by atomic mass is 10.1. The van der Waals surface area contributed by atoms with Crippen molar-refractivity contribution in [1.29, 1.82) is 0 Å². The Bertz CT molecular complexity index is 763. The predicted molar refractivity (Wildman–Crippen MR) is 90.5 cm³/mol. The normalized spacial score (nSPS) is 12.9. The van der Waals surface area contributed by atoms with Crippen molar-refractivity contribution in [3.8, 4) is 0 Å². The third-order valence-electron chi connectivity index (χ3n) is 3.54. The molecule has 0 fully saturated rings. The molecule has 154 valence electrons. The highest BCUT2D eigenvalue weighted by atomic mass is 32.2. The van der Waals surface area contributed by atoms with Crippen molar-refractivity contribution < 1.29 is 35.2 Å². The molecule has 0 saturated heterocycles. The van der Waals surface area contributed by atoms with E-state index in [0.717, 1.165) is 0 Å². The van der Waals surface area contributed by atoms with Gasteiger partial charge in [0.2, 0.25) is 15.9 Å². The molecule has 1 rings (SSSR count). The Morgan fingerprint density at radius 1 is 1.04 bits per heavy atom. The van der Waals surface area contributed by atoms with Crippen molar-refractivity contribution in [3.05, 3.63) is 29.3 Å². The van der Waals surface area contributed by atoms with Crippen LogP contribution in [-0.2, 0) is 21.0 Å². The summed E-state index contributed by atoms with van der Waals surface area (Å²) >= 11 is 0. The average Bonchev–Trinajstić information content (AvgIpc) is 2.42. The maximum Gasteiger partial charge on any atom is 0.422 e. The van der Waals surface area contributed by atoms with E-state index in [1.165, 1.54) is 20.8 Å². The number of benzene rings is 1. The summed E-state index contributed by atoms with van der Waals surface area (Å²) in [5.41, 5.74) is -2.46. The Morgan fingerprint density at radius 3 is 2.00 bits per heavy atom. The molecule has 0 aromatic heterocycles. The van der Waals surface area contributed by atoms with E-state index in [-0.39, 0.29) is 19.4 Å². The molecular formula is C16H21F5N2O3S. The van der Waals surface area contributed by atoms with E-state index in [4.69, 9.17) is 0 Å². The van der Waals surface area contributed by atoms with Gasteiger partial charge in [0.15, 0.2) is 0 Å². The van der Waals surface area contributed by atoms with Crippen LogP contribution >= 0.6 is 0 Å². The van der Waals surface area contributed by atoms with E-state index in [1.54, 1.807) is 0 Å². The van der Waals surface area contributed by atoms with Gasteiger partial charge in [-0.2, -0.15) is 13.2 Å². The van der Waals surface area contributed by atoms with Crippen LogP contribution < -0.4 is 10.0 Å². The molecule has 0 aliphatic rings. The zero-order chi connectivity index (χ0) is 21.0. The zero-order valence-electron chi connectivity index (χ0n) is 15.0. The van der Waals surface area contributed by atoms with Gasteiger partial charge in [0, 0.05) is 18.7 Å². The lowest BCUT2D eigenvalue weighted by molar-refractivity contribution is -0.142. The van der Waals surface area contributed by atoms with Gasteiger partial charge in [0.1, 0.15) is 17.2 Å². The molecule has 1 aromatic carbocycles. The highest BCUT2D eigenvalue weighted by Crippen LogP contribution is 2.34. The van der Waals surface area contributed by atoms with E-state index < -0.39 is 49.7 Å². The van der Waals surface area contributed by atoms with Gasteiger partial charge in [0.05, 0.1) is 4.75 Å². The number of rotatable bonds is 7. The highest BCUT2D eigenvalue weighted by molar-refractivity contribution is 7.90. The minimum atomic E-state index is -5.18. The predicted octanol–water partition coefficient (Wildman–Crippen LogP) is 3.81. The van der Waals surface area contributed by atoms with Crippen LogP contribution in [0.15, 0.2) is 12.1 Å². The van der Waals surface area contributed by atoms with Crippen LogP contribution in [0.2, 0.25) is 0 Å². The Balaban J connectivity index is 2.53. The van der Waals surface area contributed by atoms with Crippen molar-refractivity contribution in [2.24, 2.45) is 0 Å². The SMILES string of the molecule is CC(C)(C)S(=O)(=O)NCCCCC(=O)Nc1cc(F)c(C(F)(F)F)c(F)c1. The summed E-state index contributed by atoms with van der Waals surface area (Å²) in [7, 11) is -3.50. The Labute approximate surface area is 154 Å². The number of halogens is 5. The number of alkyl halides is 3. The van der Waals surface area contributed by atoms with Crippen LogP contribution in [0, 0.1) is 11.6 Å². The van der Waals surface area contributed by atoms with Crippen molar-refractivity contribution in [2.75, 3.05) is 11.9 Å². The quantitative estimate of drug-likeness (QED) is 0.524. The van der Waals surface area contributed by atoms with Crippen LogP contribution in [-0.4, -0.2) is 25.6 Å². The van der Waals surface area contributed by atoms with Crippen LogP contribution in [0.5, 0.6) is 0 Å². The van der Waals surface area contributed by atoms with Gasteiger partial charge in [-0.1, -0.05) is 0 Å². The van der Waals surface area contributed by atoms with Gasteiger partial charge in [-0.25, -0.2) is 21.9 Å². The summed E-state index contributed by atoms with van der Waals surface area (Å²) in [4.78, 5) is 11.7. The molecule has 0 saturated carbocycles. The fourth-order valence-corrected chi connectivity index (χ4v) is 2.82. The number of carbonyl (C=O) groups excluding carboxylic acids is 1. The van der Waals surface area contributed by atoms with Crippen LogP contribution in [0.4, 0.5) is 27.6 Å². The lowest BCUT2D eigenvalue weighted by Crippen LogP contribution is -2.39. The molecule has 1 aromatic rings. The van der Waals surface area contributed by atoms with E-state index in [1.807, 2.05) is 0 Å². The zero-order valence-corrected chi connectivity index (χ0v) is 15.8. The summed E-state index contributed by atoms with van der Waals surface area (Å²) in [6.07, 6.45) is -4.68. The molecule has 0 spiro atoms. The molecule has 0 bridgehead atoms. The fraction of sp³-hybridized carbons (Fsp3) is 0.562. The minimum absolute atomic E-state index is 0.0957. The number of anilines is 1. The number of sulfonamides is 1. The Morgan fingerprint density at radius 2 is 1.56 bits per heavy atom. The smallest absolute Gasteiger partial charge is 0.326 e. The topological polar surface area (TPSA) is 75.3 Å². The van der Waals surface area contributed by atoms with Gasteiger partial charge in [-0.3, -0.25) is 4.79 Å². The number of amides is 1. The van der Waals surface area contributed by atoms with Gasteiger partial charge in [-0.05, 0) is 45.7 Å². The molecule has 5 nitrogen and oxygen atoms in total. The summed E-state index contributed by atoms with van der Waals surface area (Å²) in [6.45, 7) is 4.71. The van der Waals surface area contributed by atoms with E-state index in [9.17, 15) is 35.2 Å². The van der Waals surface area contributed by atoms with Crippen molar-refractivity contribution in [3.63, 3.8) is 0 Å². The van der Waals surface area contributed by atoms with Crippen molar-refractivity contribution >= 4 is 21.6 Å². The second-order valence-electron chi connectivity index (χ2n) is 6.83. The van der Waals surface area contributed by atoms with E-state index in [2.05, 4.69) is 10.0 Å². The van der Waals surface area contributed by atoms with Gasteiger partial charge < -0.3 is 5.32 Å². The fourth-order valence-electron chi connectivity index (χ4n) is 1.97. The first kappa shape index (κ1) is 23.3. The van der Waals surface area contributed by atoms with Crippen molar-refractivity contribution in [1.82, 2.24) is 4.72 Å². The van der Waals surface area contributed by atoms with Gasteiger partial charge in [0.25, 0.3) is 0 Å². The van der Waals surface area contributed by atoms with Gasteiger partial charge in [-0.15, -0.1) is 0 Å². The molecule has 0 heterocycles. The maximum atomic E-state index is 13.4. The number of carbonyl (C=O) groups is 1. The first-order valence-corrected chi connectivity index (χ1v) is 9.49. The molecular weight excluding hydrogens is 395 g/mol. The standard InChI is InChI=1S/C16H21F5N2O3S/c1-15(2,3)27(25,26)22-7-5-4-6-13(24)23-10-8-11(17)14(12(18)9-10)16(19,20)21/h8-9,22H,4-7H2,1-3H3,(H,23,24). The molecule has 27 heavy (non-hydrogen) atoms. The molecule has 2 N–H and O–H groups in total. The second-order valence-corrected chi connectivity index (χ2v) is 9.35. The minimum Gasteiger partial charge on any atom is -0.326 e. The molecule has 0 atom stereocenters. The first-order chi connectivity index (χ1) is 12.1. The van der Waals surface area contributed by atoms with Crippen molar-refractivity contribution in [2.45, 2.75) is 51.0 Å². The number of hydrogen-bond donors (Lipinski definition) is 2. The Kier molecular flexibility index (Phi) is 7.34. The van der Waals surface area contributed by atoms with E-state index in [0.29, 0.717) is 18.6 Å². The van der Waals surface area contributed by atoms with Crippen LogP contribution in [0.25, 0.3) is 0 Å². The van der Waals surface area contributed by atoms with Gasteiger partial charge >= 0.3 is 6.18 Å². The largest absolute Gasteiger partial charge is 0.422 e. The third-order valence-corrected chi connectivity index (χ3v) is 5.73. The number of nitrogens with one attached hydrogen (secondary N) is 2. The molecule has 0 aliphatic carbocycles. The molecule has 0 radical (unpaired) electrons. The summed E-state index contributed by atoms with van der Waals surface area (Å²) < 4.78 is 89.4. The van der Waals surface area contributed by atoms with Crippen LogP contribution in [0.1, 0.15) is 45.6 Å². The molecule has 1 amide bonds.